The van der Waals surface area contributed by atoms with Gasteiger partial charge >= 0.3 is 11.8 Å². The monoisotopic (exact) mass is 325 g/mol. The highest BCUT2D eigenvalue weighted by Gasteiger charge is 2.28. The third kappa shape index (κ3) is 4.15. The van der Waals surface area contributed by atoms with Crippen molar-refractivity contribution in [1.82, 2.24) is 15.2 Å². The van der Waals surface area contributed by atoms with Gasteiger partial charge in [-0.15, -0.1) is 0 Å². The Balaban J connectivity index is 1.87. The van der Waals surface area contributed by atoms with Crippen LogP contribution in [0, 0.1) is 0 Å². The van der Waals surface area contributed by atoms with Gasteiger partial charge in [-0.05, 0) is 18.6 Å². The minimum Gasteiger partial charge on any atom is -0.344 e. The molecule has 9 heteroatoms. The summed E-state index contributed by atoms with van der Waals surface area (Å²) in [6.07, 6.45) is 2.58. The number of carbonyl (C=O) groups excluding carboxylic acids is 3. The molecule has 0 radical (unpaired) electrons. The van der Waals surface area contributed by atoms with Gasteiger partial charge < -0.3 is 21.3 Å². The number of hydrogen-bond acceptors (Lipinski definition) is 5. The molecule has 0 unspecified atom stereocenters. The van der Waals surface area contributed by atoms with Crippen LogP contribution in [0.3, 0.4) is 0 Å². The Labute approximate surface area is 132 Å². The lowest BCUT2D eigenvalue weighted by molar-refractivity contribution is -0.137. The summed E-state index contributed by atoms with van der Waals surface area (Å²) >= 11 is 5.68. The number of likely N-dealkylation sites (tertiary alicyclic amines) is 1. The number of hydrogen-bond donors (Lipinski definition) is 3. The Bertz CT molecular complexity index is 565. The fourth-order valence-electron chi connectivity index (χ4n) is 2.14. The normalized spacial score (nSPS) is 21.1. The van der Waals surface area contributed by atoms with Crippen LogP contribution < -0.4 is 16.4 Å². The average molecular weight is 326 g/mol. The number of piperidine rings is 1. The Morgan fingerprint density at radius 2 is 2.18 bits per heavy atom. The number of nitrogens with one attached hydrogen (secondary N) is 2. The molecule has 0 aromatic carbocycles. The highest BCUT2D eigenvalue weighted by atomic mass is 35.5. The molecule has 2 atom stereocenters. The second-order valence-electron chi connectivity index (χ2n) is 4.95. The maximum atomic E-state index is 11.9. The molecular weight excluding hydrogens is 310 g/mol. The first-order valence-electron chi connectivity index (χ1n) is 6.68. The van der Waals surface area contributed by atoms with E-state index in [-0.39, 0.29) is 11.9 Å². The van der Waals surface area contributed by atoms with Crippen LogP contribution in [0.25, 0.3) is 0 Å². The molecule has 22 heavy (non-hydrogen) atoms. The van der Waals surface area contributed by atoms with E-state index in [1.165, 1.54) is 17.2 Å². The summed E-state index contributed by atoms with van der Waals surface area (Å²) in [7, 11) is 0. The molecule has 4 N–H and O–H groups in total. The first-order valence-corrected chi connectivity index (χ1v) is 7.05. The van der Waals surface area contributed by atoms with Gasteiger partial charge in [0.2, 0.25) is 6.41 Å². The predicted octanol–water partition coefficient (Wildman–Crippen LogP) is -0.652. The van der Waals surface area contributed by atoms with Crippen LogP contribution >= 0.6 is 11.6 Å². The zero-order chi connectivity index (χ0) is 16.1. The molecule has 118 valence electrons. The summed E-state index contributed by atoms with van der Waals surface area (Å²) in [5.74, 6) is -1.40. The molecule has 1 aliphatic heterocycles. The van der Waals surface area contributed by atoms with Crippen LogP contribution in [0.15, 0.2) is 18.3 Å². The van der Waals surface area contributed by atoms with Crippen molar-refractivity contribution in [2.24, 2.45) is 5.73 Å². The molecule has 2 rings (SSSR count). The van der Waals surface area contributed by atoms with Crippen LogP contribution in [0.2, 0.25) is 5.02 Å². The Kier molecular flexibility index (Phi) is 5.29. The molecule has 0 aliphatic carbocycles. The van der Waals surface area contributed by atoms with Crippen LogP contribution in [0.4, 0.5) is 5.82 Å². The highest BCUT2D eigenvalue weighted by molar-refractivity contribution is 6.39. The summed E-state index contributed by atoms with van der Waals surface area (Å²) in [6.45, 7) is 0.831. The number of pyridine rings is 1. The third-order valence-electron chi connectivity index (χ3n) is 3.33. The fraction of sp³-hybridized carbons (Fsp3) is 0.385. The maximum Gasteiger partial charge on any atom is 0.314 e. The van der Waals surface area contributed by atoms with Gasteiger partial charge in [-0.25, -0.2) is 4.98 Å². The number of rotatable bonds is 3. The van der Waals surface area contributed by atoms with Crippen molar-refractivity contribution in [3.05, 3.63) is 23.4 Å². The zero-order valence-corrected chi connectivity index (χ0v) is 12.4. The Morgan fingerprint density at radius 1 is 1.41 bits per heavy atom. The molecule has 1 fully saturated rings. The van der Waals surface area contributed by atoms with E-state index in [1.807, 2.05) is 0 Å². The van der Waals surface area contributed by atoms with E-state index in [9.17, 15) is 14.4 Å². The van der Waals surface area contributed by atoms with Gasteiger partial charge in [0.05, 0.1) is 5.02 Å². The van der Waals surface area contributed by atoms with Gasteiger partial charge in [-0.2, -0.15) is 0 Å². The molecule has 1 aromatic heterocycles. The topological polar surface area (TPSA) is 117 Å². The van der Waals surface area contributed by atoms with Gasteiger partial charge in [-0.1, -0.05) is 11.6 Å². The van der Waals surface area contributed by atoms with Gasteiger partial charge in [-0.3, -0.25) is 14.4 Å². The van der Waals surface area contributed by atoms with Crippen molar-refractivity contribution in [3.8, 4) is 0 Å². The summed E-state index contributed by atoms with van der Waals surface area (Å²) in [6, 6.07) is 2.27. The van der Waals surface area contributed by atoms with Gasteiger partial charge in [0.15, 0.2) is 0 Å². The molecule has 0 spiro atoms. The average Bonchev–Trinajstić information content (AvgIpc) is 2.51. The molecule has 2 heterocycles. The van der Waals surface area contributed by atoms with E-state index in [1.54, 1.807) is 6.07 Å². The SMILES string of the molecule is N[C@@H]1CN(C=O)CC[C@@H]1NC(=O)C(=O)Nc1ccc(Cl)cn1. The van der Waals surface area contributed by atoms with Gasteiger partial charge in [0.25, 0.3) is 0 Å². The maximum absolute atomic E-state index is 11.9. The van der Waals surface area contributed by atoms with E-state index in [2.05, 4.69) is 15.6 Å². The van der Waals surface area contributed by atoms with Crippen molar-refractivity contribution in [2.45, 2.75) is 18.5 Å². The van der Waals surface area contributed by atoms with Crippen molar-refractivity contribution in [1.29, 1.82) is 0 Å². The molecule has 0 bridgehead atoms. The minimum absolute atomic E-state index is 0.227. The molecule has 1 aromatic rings. The quantitative estimate of drug-likeness (QED) is 0.504. The Hall–Kier alpha value is -2.19. The number of halogens is 1. The summed E-state index contributed by atoms with van der Waals surface area (Å²) < 4.78 is 0. The van der Waals surface area contributed by atoms with Crippen molar-refractivity contribution >= 4 is 35.6 Å². The van der Waals surface area contributed by atoms with Crippen molar-refractivity contribution in [3.63, 3.8) is 0 Å². The molecular formula is C13H16ClN5O3. The lowest BCUT2D eigenvalue weighted by Gasteiger charge is -2.34. The highest BCUT2D eigenvalue weighted by Crippen LogP contribution is 2.10. The molecule has 0 saturated carbocycles. The van der Waals surface area contributed by atoms with Crippen molar-refractivity contribution in [2.75, 3.05) is 18.4 Å². The lowest BCUT2D eigenvalue weighted by atomic mass is 10.0. The predicted molar refractivity (Wildman–Crippen MR) is 80.0 cm³/mol. The zero-order valence-electron chi connectivity index (χ0n) is 11.7. The standard InChI is InChI=1S/C13H16ClN5O3/c14-8-1-2-11(16-5-8)18-13(22)12(21)17-10-3-4-19(7-20)6-9(10)15/h1-2,5,7,9-10H,3-4,6,15H2,(H,17,21)(H,16,18,22)/t9-,10+/m1/s1. The first-order chi connectivity index (χ1) is 10.5. The fourth-order valence-corrected chi connectivity index (χ4v) is 2.25. The molecule has 3 amide bonds. The third-order valence-corrected chi connectivity index (χ3v) is 3.55. The molecule has 1 saturated heterocycles. The molecule has 8 nitrogen and oxygen atoms in total. The van der Waals surface area contributed by atoms with Crippen LogP contribution in [0.1, 0.15) is 6.42 Å². The van der Waals surface area contributed by atoms with E-state index >= 15 is 0 Å². The summed E-state index contributed by atoms with van der Waals surface area (Å²) in [5.41, 5.74) is 5.89. The number of anilines is 1. The van der Waals surface area contributed by atoms with Crippen LogP contribution in [0.5, 0.6) is 0 Å². The van der Waals surface area contributed by atoms with Crippen molar-refractivity contribution < 1.29 is 14.4 Å². The van der Waals surface area contributed by atoms with Crippen LogP contribution in [-0.4, -0.2) is 53.3 Å². The molecule has 1 aliphatic rings. The second-order valence-corrected chi connectivity index (χ2v) is 5.39. The summed E-state index contributed by atoms with van der Waals surface area (Å²) in [4.78, 5) is 39.7. The first kappa shape index (κ1) is 16.2. The van der Waals surface area contributed by atoms with E-state index in [0.29, 0.717) is 24.5 Å². The van der Waals surface area contributed by atoms with E-state index in [4.69, 9.17) is 17.3 Å². The van der Waals surface area contributed by atoms with E-state index < -0.39 is 17.9 Å². The van der Waals surface area contributed by atoms with Gasteiger partial charge in [0, 0.05) is 31.4 Å². The smallest absolute Gasteiger partial charge is 0.314 e. The largest absolute Gasteiger partial charge is 0.344 e. The second kappa shape index (κ2) is 7.19. The van der Waals surface area contributed by atoms with Gasteiger partial charge in [0.1, 0.15) is 5.82 Å². The number of amides is 3. The number of aromatic nitrogens is 1. The number of nitrogens with two attached hydrogens (primary N) is 1. The van der Waals surface area contributed by atoms with E-state index in [0.717, 1.165) is 6.41 Å². The lowest BCUT2D eigenvalue weighted by Crippen LogP contribution is -2.58. The Morgan fingerprint density at radius 3 is 2.77 bits per heavy atom. The summed E-state index contributed by atoms with van der Waals surface area (Å²) in [5, 5.41) is 5.36. The number of carbonyl (C=O) groups is 3. The number of nitrogens with zero attached hydrogens (tertiary/aromatic N) is 2. The minimum atomic E-state index is -0.833. The van der Waals surface area contributed by atoms with Crippen LogP contribution in [-0.2, 0) is 14.4 Å².